The monoisotopic (exact) mass is 442 g/mol. The van der Waals surface area contributed by atoms with E-state index in [1.54, 1.807) is 40.0 Å². The molecule has 0 spiro atoms. The minimum absolute atomic E-state index is 0.0475. The van der Waals surface area contributed by atoms with Crippen LogP contribution < -0.4 is 0 Å². The first-order valence-electron chi connectivity index (χ1n) is 9.98. The van der Waals surface area contributed by atoms with Gasteiger partial charge in [0.25, 0.3) is 17.7 Å². The van der Waals surface area contributed by atoms with Gasteiger partial charge in [-0.2, -0.15) is 0 Å². The second kappa shape index (κ2) is 7.48. The molecule has 0 aromatic heterocycles. The van der Waals surface area contributed by atoms with Crippen LogP contribution in [-0.4, -0.2) is 67.3 Å². The van der Waals surface area contributed by atoms with Crippen LogP contribution in [0.3, 0.4) is 0 Å². The summed E-state index contributed by atoms with van der Waals surface area (Å²) in [6, 6.07) is 10.2. The summed E-state index contributed by atoms with van der Waals surface area (Å²) in [6.07, 6.45) is -0.0951. The topological polar surface area (TPSA) is 57.7 Å². The number of carbonyl (C=O) groups excluding carboxylic acids is 3. The van der Waals surface area contributed by atoms with Gasteiger partial charge < -0.3 is 4.90 Å². The molecule has 0 unspecified atom stereocenters. The minimum atomic E-state index is -1.88. The van der Waals surface area contributed by atoms with Crippen molar-refractivity contribution in [2.45, 2.75) is 23.8 Å². The van der Waals surface area contributed by atoms with Crippen LogP contribution in [0, 0.1) is 5.82 Å². The number of likely N-dealkylation sites (tertiary alicyclic amines) is 1. The zero-order valence-corrected chi connectivity index (χ0v) is 17.9. The highest BCUT2D eigenvalue weighted by molar-refractivity contribution is 6.45. The standard InChI is InChI=1S/C21H19B2ClF2N2O3/c22-21(23,28-18(30)13-3-1-2-4-14(13)19(28)31)20(26)7-9-27(10-8-20)17(29)12-5-6-16(25)15(24)11-12/h1-6,11H,7-10,22-23H2. The molecule has 0 bridgehead atoms. The Morgan fingerprint density at radius 2 is 1.58 bits per heavy atom. The molecule has 2 aromatic carbocycles. The van der Waals surface area contributed by atoms with Crippen LogP contribution in [0.25, 0.3) is 0 Å². The van der Waals surface area contributed by atoms with Gasteiger partial charge in [0.2, 0.25) is 0 Å². The number of hydrogen-bond acceptors (Lipinski definition) is 3. The van der Waals surface area contributed by atoms with Crippen molar-refractivity contribution in [3.8, 4) is 0 Å². The molecule has 2 heterocycles. The molecule has 0 aliphatic carbocycles. The Bertz CT molecular complexity index is 1070. The molecular formula is C21H19B2ClF2N2O3. The van der Waals surface area contributed by atoms with Crippen molar-refractivity contribution in [3.05, 3.63) is 70.0 Å². The van der Waals surface area contributed by atoms with E-state index in [0.717, 1.165) is 11.0 Å². The van der Waals surface area contributed by atoms with Gasteiger partial charge in [-0.1, -0.05) is 23.7 Å². The van der Waals surface area contributed by atoms with Crippen LogP contribution in [0.1, 0.15) is 43.9 Å². The van der Waals surface area contributed by atoms with E-state index in [0.29, 0.717) is 0 Å². The largest absolute Gasteiger partial charge is 0.338 e. The van der Waals surface area contributed by atoms with E-state index < -0.39 is 28.6 Å². The second-order valence-corrected chi connectivity index (χ2v) is 8.84. The van der Waals surface area contributed by atoms with Crippen molar-refractivity contribution >= 4 is 45.0 Å². The molecule has 0 radical (unpaired) electrons. The third-order valence-electron chi connectivity index (χ3n) is 6.46. The van der Waals surface area contributed by atoms with Gasteiger partial charge in [-0.15, -0.1) is 0 Å². The van der Waals surface area contributed by atoms with Crippen LogP contribution in [0.4, 0.5) is 8.78 Å². The maximum absolute atomic E-state index is 16.2. The quantitative estimate of drug-likeness (QED) is 0.537. The molecule has 10 heteroatoms. The molecule has 4 rings (SSSR count). The summed E-state index contributed by atoms with van der Waals surface area (Å²) in [6.45, 7) is 0.188. The van der Waals surface area contributed by atoms with E-state index >= 15 is 4.39 Å². The first kappa shape index (κ1) is 21.6. The highest BCUT2D eigenvalue weighted by atomic mass is 35.5. The van der Waals surface area contributed by atoms with Gasteiger partial charge in [-0.05, 0) is 43.2 Å². The van der Waals surface area contributed by atoms with Gasteiger partial charge in [-0.3, -0.25) is 19.3 Å². The predicted octanol–water partition coefficient (Wildman–Crippen LogP) is 1.64. The van der Waals surface area contributed by atoms with Crippen molar-refractivity contribution in [2.24, 2.45) is 0 Å². The summed E-state index contributed by atoms with van der Waals surface area (Å²) in [5.74, 6) is -2.02. The maximum atomic E-state index is 16.2. The molecular weight excluding hydrogens is 423 g/mol. The molecule has 1 fully saturated rings. The summed E-state index contributed by atoms with van der Waals surface area (Å²) >= 11 is 5.77. The van der Waals surface area contributed by atoms with Crippen molar-refractivity contribution in [1.29, 1.82) is 0 Å². The van der Waals surface area contributed by atoms with Gasteiger partial charge in [0, 0.05) is 24.0 Å². The van der Waals surface area contributed by atoms with E-state index in [9.17, 15) is 18.8 Å². The number of fused-ring (bicyclic) bond motifs is 1. The summed E-state index contributed by atoms with van der Waals surface area (Å²) in [7, 11) is 3.10. The number of hydrogen-bond donors (Lipinski definition) is 0. The first-order valence-corrected chi connectivity index (χ1v) is 10.4. The van der Waals surface area contributed by atoms with Gasteiger partial charge in [0.15, 0.2) is 0 Å². The fourth-order valence-corrected chi connectivity index (χ4v) is 4.57. The summed E-state index contributed by atoms with van der Waals surface area (Å²) in [5, 5.41) is -1.57. The van der Waals surface area contributed by atoms with Gasteiger partial charge in [0.05, 0.1) is 16.1 Å². The fraction of sp³-hybridized carbons (Fsp3) is 0.286. The SMILES string of the molecule is BC(B)(N1C(=O)c2ccccc2C1=O)C1(F)CCN(C(=O)c2ccc(F)c(Cl)c2)CC1. The third kappa shape index (κ3) is 3.35. The Labute approximate surface area is 185 Å². The van der Waals surface area contributed by atoms with E-state index in [-0.39, 0.29) is 53.6 Å². The Morgan fingerprint density at radius 1 is 1.03 bits per heavy atom. The number of carbonyl (C=O) groups is 3. The lowest BCUT2D eigenvalue weighted by Gasteiger charge is -2.49. The van der Waals surface area contributed by atoms with E-state index in [1.165, 1.54) is 17.0 Å². The molecule has 0 N–H and O–H groups in total. The predicted molar refractivity (Wildman–Crippen MR) is 117 cm³/mol. The zero-order valence-electron chi connectivity index (χ0n) is 17.1. The lowest BCUT2D eigenvalue weighted by molar-refractivity contribution is -0.000642. The maximum Gasteiger partial charge on any atom is 0.260 e. The molecule has 158 valence electrons. The number of imide groups is 1. The Kier molecular flexibility index (Phi) is 5.20. The van der Waals surface area contributed by atoms with E-state index in [1.807, 2.05) is 0 Å². The third-order valence-corrected chi connectivity index (χ3v) is 6.75. The smallest absolute Gasteiger partial charge is 0.260 e. The number of alkyl halides is 1. The van der Waals surface area contributed by atoms with Crippen LogP contribution >= 0.6 is 11.6 Å². The van der Waals surface area contributed by atoms with Crippen molar-refractivity contribution < 1.29 is 23.2 Å². The number of nitrogens with zero attached hydrogens (tertiary/aromatic N) is 2. The highest BCUT2D eigenvalue weighted by Crippen LogP contribution is 2.41. The van der Waals surface area contributed by atoms with Crippen molar-refractivity contribution in [2.75, 3.05) is 13.1 Å². The summed E-state index contributed by atoms with van der Waals surface area (Å²) < 4.78 is 29.6. The molecule has 0 saturated carbocycles. The molecule has 1 saturated heterocycles. The van der Waals surface area contributed by atoms with Crippen LogP contribution in [0.5, 0.6) is 0 Å². The molecule has 5 nitrogen and oxygen atoms in total. The van der Waals surface area contributed by atoms with Gasteiger partial charge in [-0.25, -0.2) is 8.78 Å². The first-order chi connectivity index (χ1) is 14.6. The van der Waals surface area contributed by atoms with Gasteiger partial charge >= 0.3 is 0 Å². The Balaban J connectivity index is 1.52. The number of benzene rings is 2. The number of halogens is 3. The van der Waals surface area contributed by atoms with E-state index in [4.69, 9.17) is 11.6 Å². The highest BCUT2D eigenvalue weighted by Gasteiger charge is 2.56. The molecule has 31 heavy (non-hydrogen) atoms. The Hall–Kier alpha value is -2.67. The average molecular weight is 442 g/mol. The minimum Gasteiger partial charge on any atom is -0.338 e. The summed E-state index contributed by atoms with van der Waals surface area (Å²) in [5.41, 5.74) is -1.12. The van der Waals surface area contributed by atoms with Gasteiger partial charge in [0.1, 0.15) is 27.2 Å². The average Bonchev–Trinajstić information content (AvgIpc) is 3.01. The lowest BCUT2D eigenvalue weighted by atomic mass is 9.50. The Morgan fingerprint density at radius 3 is 2.10 bits per heavy atom. The molecule has 2 aliphatic heterocycles. The number of rotatable bonds is 3. The normalized spacial score (nSPS) is 18.3. The van der Waals surface area contributed by atoms with Crippen LogP contribution in [-0.2, 0) is 0 Å². The molecule has 0 atom stereocenters. The fourth-order valence-electron chi connectivity index (χ4n) is 4.39. The molecule has 2 aliphatic rings. The second-order valence-electron chi connectivity index (χ2n) is 8.44. The lowest BCUT2D eigenvalue weighted by Crippen LogP contribution is -2.67. The molecule has 3 amide bonds. The number of piperidine rings is 1. The van der Waals surface area contributed by atoms with E-state index in [2.05, 4.69) is 0 Å². The van der Waals surface area contributed by atoms with Crippen molar-refractivity contribution in [1.82, 2.24) is 9.80 Å². The van der Waals surface area contributed by atoms with Crippen LogP contribution in [0.2, 0.25) is 5.02 Å². The van der Waals surface area contributed by atoms with Crippen LogP contribution in [0.15, 0.2) is 42.5 Å². The zero-order chi connectivity index (χ0) is 22.6. The summed E-state index contributed by atoms with van der Waals surface area (Å²) in [4.78, 5) is 41.0. The van der Waals surface area contributed by atoms with Crippen molar-refractivity contribution in [3.63, 3.8) is 0 Å². The molecule has 2 aromatic rings. The number of amides is 3.